The zero-order chi connectivity index (χ0) is 17.9. The fourth-order valence-corrected chi connectivity index (χ4v) is 1.81. The second-order valence-corrected chi connectivity index (χ2v) is 5.59. The second-order valence-electron chi connectivity index (χ2n) is 5.59. The summed E-state index contributed by atoms with van der Waals surface area (Å²) in [5.41, 5.74) is 2.74. The molecule has 0 saturated heterocycles. The molecule has 1 aromatic carbocycles. The topological polar surface area (TPSA) is 0 Å². The van der Waals surface area contributed by atoms with E-state index in [4.69, 9.17) is 0 Å². The van der Waals surface area contributed by atoms with Gasteiger partial charge in [0.25, 0.3) is 0 Å². The Labute approximate surface area is 150 Å². The summed E-state index contributed by atoms with van der Waals surface area (Å²) in [6.45, 7) is 8.42. The molecule has 0 nitrogen and oxygen atoms in total. The molecule has 0 fully saturated rings. The van der Waals surface area contributed by atoms with Crippen LogP contribution < -0.4 is 0 Å². The van der Waals surface area contributed by atoms with Crippen molar-refractivity contribution < 1.29 is 0 Å². The summed E-state index contributed by atoms with van der Waals surface area (Å²) in [7, 11) is 0. The number of benzene rings is 1. The predicted molar refractivity (Wildman–Crippen MR) is 111 cm³/mol. The molecule has 0 N–H and O–H groups in total. The van der Waals surface area contributed by atoms with E-state index >= 15 is 0 Å². The maximum Gasteiger partial charge on any atom is -0.0166 e. The van der Waals surface area contributed by atoms with E-state index in [2.05, 4.69) is 99.7 Å². The summed E-state index contributed by atoms with van der Waals surface area (Å²) in [5, 5.41) is 0. The average Bonchev–Trinajstić information content (AvgIpc) is 2.59. The summed E-state index contributed by atoms with van der Waals surface area (Å²) in [4.78, 5) is 0. The lowest BCUT2D eigenvalue weighted by Gasteiger charge is -1.93. The average molecular weight is 323 g/mol. The Bertz CT molecular complexity index is 518. The van der Waals surface area contributed by atoms with Crippen LogP contribution in [0.1, 0.15) is 50.7 Å². The van der Waals surface area contributed by atoms with Gasteiger partial charge < -0.3 is 0 Å². The molecular formula is C24H34. The molecule has 0 spiro atoms. The molecule has 0 heteroatoms. The smallest absolute Gasteiger partial charge is 0.0166 e. The van der Waals surface area contributed by atoms with Crippen LogP contribution in [0.15, 0.2) is 85.0 Å². The maximum absolute atomic E-state index is 2.24. The third-order valence-corrected chi connectivity index (χ3v) is 3.42. The number of aryl methyl sites for hydroxylation is 2. The van der Waals surface area contributed by atoms with Crippen molar-refractivity contribution >= 4 is 0 Å². The van der Waals surface area contributed by atoms with Crippen LogP contribution in [0.2, 0.25) is 0 Å². The number of allylic oxidation sites excluding steroid dienone is 10. The molecule has 0 aliphatic rings. The highest BCUT2D eigenvalue weighted by Crippen LogP contribution is 2.02. The summed E-state index contributed by atoms with van der Waals surface area (Å²) < 4.78 is 0. The molecule has 0 unspecified atom stereocenters. The first-order chi connectivity index (χ1) is 11.7. The summed E-state index contributed by atoms with van der Waals surface area (Å²) in [6.07, 6.45) is 25.8. The van der Waals surface area contributed by atoms with Gasteiger partial charge in [0.05, 0.1) is 0 Å². The van der Waals surface area contributed by atoms with E-state index < -0.39 is 0 Å². The van der Waals surface area contributed by atoms with E-state index in [1.165, 1.54) is 11.1 Å². The number of hydrogen-bond acceptors (Lipinski definition) is 0. The Kier molecular flexibility index (Phi) is 15.8. The summed E-state index contributed by atoms with van der Waals surface area (Å²) in [6, 6.07) is 8.36. The van der Waals surface area contributed by atoms with Crippen molar-refractivity contribution in [3.63, 3.8) is 0 Å². The van der Waals surface area contributed by atoms with Crippen LogP contribution in [0.3, 0.4) is 0 Å². The lowest BCUT2D eigenvalue weighted by atomic mass is 10.1. The minimum absolute atomic E-state index is 1.03. The van der Waals surface area contributed by atoms with Crippen molar-refractivity contribution in [1.82, 2.24) is 0 Å². The summed E-state index contributed by atoms with van der Waals surface area (Å²) in [5.74, 6) is 0. The molecular weight excluding hydrogens is 288 g/mol. The molecule has 1 rings (SSSR count). The Balaban J connectivity index is 0.000000546. The molecule has 24 heavy (non-hydrogen) atoms. The maximum atomic E-state index is 2.24. The van der Waals surface area contributed by atoms with Crippen LogP contribution in [0.4, 0.5) is 0 Å². The van der Waals surface area contributed by atoms with Crippen molar-refractivity contribution in [1.29, 1.82) is 0 Å². The third-order valence-electron chi connectivity index (χ3n) is 3.42. The van der Waals surface area contributed by atoms with E-state index in [-0.39, 0.29) is 0 Å². The van der Waals surface area contributed by atoms with Gasteiger partial charge in [-0.25, -0.2) is 0 Å². The number of rotatable bonds is 8. The molecule has 0 bridgehead atoms. The first-order valence-corrected chi connectivity index (χ1v) is 8.99. The van der Waals surface area contributed by atoms with Crippen molar-refractivity contribution in [3.8, 4) is 0 Å². The Morgan fingerprint density at radius 2 is 1.29 bits per heavy atom. The lowest BCUT2D eigenvalue weighted by molar-refractivity contribution is 1.04. The van der Waals surface area contributed by atoms with Crippen LogP contribution in [0, 0.1) is 13.8 Å². The fourth-order valence-electron chi connectivity index (χ4n) is 1.81. The Morgan fingerprint density at radius 3 is 1.88 bits per heavy atom. The highest BCUT2D eigenvalue weighted by molar-refractivity contribution is 5.23. The highest BCUT2D eigenvalue weighted by Gasteiger charge is 1.83. The predicted octanol–water partition coefficient (Wildman–Crippen LogP) is 7.67. The molecule has 0 saturated carbocycles. The van der Waals surface area contributed by atoms with Gasteiger partial charge in [0.2, 0.25) is 0 Å². The van der Waals surface area contributed by atoms with Gasteiger partial charge in [-0.05, 0) is 57.6 Å². The molecule has 130 valence electrons. The molecule has 0 heterocycles. The summed E-state index contributed by atoms with van der Waals surface area (Å²) >= 11 is 0. The highest BCUT2D eigenvalue weighted by atomic mass is 13.9. The van der Waals surface area contributed by atoms with E-state index in [0.717, 1.165) is 25.7 Å². The number of unbranched alkanes of at least 4 members (excludes halogenated alkanes) is 1. The van der Waals surface area contributed by atoms with Crippen LogP contribution in [-0.2, 0) is 0 Å². The third kappa shape index (κ3) is 14.8. The molecule has 0 radical (unpaired) electrons. The van der Waals surface area contributed by atoms with Crippen molar-refractivity contribution in [3.05, 3.63) is 96.2 Å². The zero-order valence-corrected chi connectivity index (χ0v) is 15.9. The van der Waals surface area contributed by atoms with Crippen molar-refractivity contribution in [2.75, 3.05) is 0 Å². The van der Waals surface area contributed by atoms with Gasteiger partial charge in [-0.2, -0.15) is 0 Å². The van der Waals surface area contributed by atoms with Crippen LogP contribution in [0.5, 0.6) is 0 Å². The first kappa shape index (κ1) is 21.9. The van der Waals surface area contributed by atoms with E-state index in [9.17, 15) is 0 Å². The van der Waals surface area contributed by atoms with Crippen molar-refractivity contribution in [2.45, 2.75) is 53.4 Å². The normalized spacial score (nSPS) is 12.0. The standard InChI is InChI=1S/C16H24.C8H10/c1-3-5-7-9-11-13-15-16-14-12-10-8-6-4-2;1-7-5-3-4-6-8(7)2/h3,5-10,12,15-16H,4,11,13-14H2,1-2H3;3-6H,1-2H3/b5-3+,8-6+,9-7+,12-10+,16-15+;. The van der Waals surface area contributed by atoms with Crippen LogP contribution >= 0.6 is 0 Å². The minimum atomic E-state index is 1.03. The quantitative estimate of drug-likeness (QED) is 0.261. The van der Waals surface area contributed by atoms with E-state index in [1.807, 2.05) is 13.0 Å². The van der Waals surface area contributed by atoms with Gasteiger partial charge in [0.15, 0.2) is 0 Å². The van der Waals surface area contributed by atoms with Crippen LogP contribution in [0.25, 0.3) is 0 Å². The van der Waals surface area contributed by atoms with Crippen LogP contribution in [-0.4, -0.2) is 0 Å². The van der Waals surface area contributed by atoms with E-state index in [1.54, 1.807) is 0 Å². The minimum Gasteiger partial charge on any atom is -0.0879 e. The van der Waals surface area contributed by atoms with E-state index in [0.29, 0.717) is 0 Å². The lowest BCUT2D eigenvalue weighted by Crippen LogP contribution is -1.74. The molecule has 0 aliphatic heterocycles. The largest absolute Gasteiger partial charge is 0.0879 e. The zero-order valence-electron chi connectivity index (χ0n) is 15.9. The number of hydrogen-bond donors (Lipinski definition) is 0. The van der Waals surface area contributed by atoms with Gasteiger partial charge in [-0.15, -0.1) is 0 Å². The fraction of sp³-hybridized carbons (Fsp3) is 0.333. The Hall–Kier alpha value is -2.08. The molecule has 0 amide bonds. The SMILES string of the molecule is C/C=C/C=C/CC/C=C/C/C=C/C=C/CC.Cc1ccccc1C. The van der Waals surface area contributed by atoms with Crippen molar-refractivity contribution in [2.24, 2.45) is 0 Å². The molecule has 1 aromatic rings. The monoisotopic (exact) mass is 322 g/mol. The van der Waals surface area contributed by atoms with Gasteiger partial charge in [-0.1, -0.05) is 91.9 Å². The molecule has 0 aliphatic carbocycles. The van der Waals surface area contributed by atoms with Gasteiger partial charge in [0, 0.05) is 0 Å². The molecule has 0 aromatic heterocycles. The Morgan fingerprint density at radius 1 is 0.708 bits per heavy atom. The second kappa shape index (κ2) is 17.3. The van der Waals surface area contributed by atoms with Gasteiger partial charge in [-0.3, -0.25) is 0 Å². The first-order valence-electron chi connectivity index (χ1n) is 8.99. The van der Waals surface area contributed by atoms with Gasteiger partial charge in [0.1, 0.15) is 0 Å². The van der Waals surface area contributed by atoms with Gasteiger partial charge >= 0.3 is 0 Å². The molecule has 0 atom stereocenters.